The van der Waals surface area contributed by atoms with Gasteiger partial charge in [-0.3, -0.25) is 0 Å². The van der Waals surface area contributed by atoms with Crippen LogP contribution in [0.3, 0.4) is 0 Å². The Morgan fingerprint density at radius 2 is 2.25 bits per heavy atom. The van der Waals surface area contributed by atoms with Gasteiger partial charge in [0.25, 0.3) is 7.42 Å². The fourth-order valence-corrected chi connectivity index (χ4v) is 4.96. The maximum absolute atomic E-state index is 6.11. The molecule has 2 aliphatic carbocycles. The van der Waals surface area contributed by atoms with Crippen molar-refractivity contribution in [3.05, 3.63) is 12.2 Å². The standard InChI is InChI=1S/C9H13Cl2Si/c1-2-7-5-9(12(10)11)4-3-8(7)6-9/h3-4,7-8H,2,5-6H2,1H3. The molecule has 1 saturated carbocycles. The lowest BCUT2D eigenvalue weighted by Crippen LogP contribution is -2.18. The Morgan fingerprint density at radius 3 is 2.67 bits per heavy atom. The summed E-state index contributed by atoms with van der Waals surface area (Å²) >= 11 is 12.2. The average Bonchev–Trinajstić information content (AvgIpc) is 2.61. The lowest BCUT2D eigenvalue weighted by molar-refractivity contribution is 0.435. The summed E-state index contributed by atoms with van der Waals surface area (Å²) in [4.78, 5) is 0. The molecule has 0 aromatic heterocycles. The molecule has 1 fully saturated rings. The Hall–Kier alpha value is 0.537. The Morgan fingerprint density at radius 1 is 1.50 bits per heavy atom. The van der Waals surface area contributed by atoms with Gasteiger partial charge in [0.2, 0.25) is 0 Å². The largest absolute Gasteiger partial charge is 0.284 e. The number of hydrogen-bond donors (Lipinski definition) is 0. The van der Waals surface area contributed by atoms with Crippen molar-refractivity contribution in [2.45, 2.75) is 31.2 Å². The number of hydrogen-bond acceptors (Lipinski definition) is 0. The molecule has 0 heterocycles. The van der Waals surface area contributed by atoms with Crippen LogP contribution >= 0.6 is 22.2 Å². The minimum Gasteiger partial charge on any atom is -0.146 e. The molecular weight excluding hydrogens is 207 g/mol. The molecule has 12 heavy (non-hydrogen) atoms. The maximum Gasteiger partial charge on any atom is 0.284 e. The van der Waals surface area contributed by atoms with E-state index < -0.39 is 7.42 Å². The monoisotopic (exact) mass is 219 g/mol. The van der Waals surface area contributed by atoms with Gasteiger partial charge < -0.3 is 0 Å². The van der Waals surface area contributed by atoms with Crippen molar-refractivity contribution in [2.75, 3.05) is 0 Å². The number of allylic oxidation sites excluding steroid dienone is 2. The zero-order chi connectivity index (χ0) is 8.77. The van der Waals surface area contributed by atoms with Gasteiger partial charge in [-0.2, -0.15) is 0 Å². The second-order valence-corrected chi connectivity index (χ2v) is 8.38. The minimum absolute atomic E-state index is 0.235. The highest BCUT2D eigenvalue weighted by Crippen LogP contribution is 2.61. The third-order valence-electron chi connectivity index (χ3n) is 3.40. The minimum atomic E-state index is -1.17. The molecule has 3 unspecified atom stereocenters. The van der Waals surface area contributed by atoms with Gasteiger partial charge >= 0.3 is 0 Å². The number of rotatable bonds is 2. The van der Waals surface area contributed by atoms with Gasteiger partial charge in [0.15, 0.2) is 0 Å². The fraction of sp³-hybridized carbons (Fsp3) is 0.778. The zero-order valence-electron chi connectivity index (χ0n) is 7.19. The molecule has 0 nitrogen and oxygen atoms in total. The molecule has 2 aliphatic rings. The van der Waals surface area contributed by atoms with Gasteiger partial charge in [0.05, 0.1) is 0 Å². The van der Waals surface area contributed by atoms with Crippen LogP contribution in [0.15, 0.2) is 12.2 Å². The van der Waals surface area contributed by atoms with Gasteiger partial charge in [-0.15, -0.1) is 22.2 Å². The molecule has 2 rings (SSSR count). The summed E-state index contributed by atoms with van der Waals surface area (Å²) in [7, 11) is -1.17. The number of halogens is 2. The lowest BCUT2D eigenvalue weighted by Gasteiger charge is -2.24. The van der Waals surface area contributed by atoms with Gasteiger partial charge in [-0.1, -0.05) is 25.5 Å². The molecule has 2 bridgehead atoms. The smallest absolute Gasteiger partial charge is 0.146 e. The highest BCUT2D eigenvalue weighted by Gasteiger charge is 2.50. The van der Waals surface area contributed by atoms with E-state index in [0.29, 0.717) is 0 Å². The van der Waals surface area contributed by atoms with E-state index in [4.69, 9.17) is 22.2 Å². The van der Waals surface area contributed by atoms with E-state index in [0.717, 1.165) is 11.8 Å². The second kappa shape index (κ2) is 3.04. The van der Waals surface area contributed by atoms with Crippen LogP contribution < -0.4 is 0 Å². The van der Waals surface area contributed by atoms with E-state index in [1.165, 1.54) is 19.3 Å². The Bertz CT molecular complexity index is 215. The van der Waals surface area contributed by atoms with E-state index >= 15 is 0 Å². The molecule has 0 saturated heterocycles. The molecule has 3 atom stereocenters. The second-order valence-electron chi connectivity index (χ2n) is 4.02. The Kier molecular flexibility index (Phi) is 2.30. The summed E-state index contributed by atoms with van der Waals surface area (Å²) < 4.78 is 0. The van der Waals surface area contributed by atoms with Crippen LogP contribution in [0.1, 0.15) is 26.2 Å². The molecular formula is C9H13Cl2Si. The molecule has 0 aliphatic heterocycles. The van der Waals surface area contributed by atoms with Crippen molar-refractivity contribution in [3.8, 4) is 0 Å². The van der Waals surface area contributed by atoms with Gasteiger partial charge in [-0.25, -0.2) is 0 Å². The van der Waals surface area contributed by atoms with Crippen molar-refractivity contribution in [1.82, 2.24) is 0 Å². The van der Waals surface area contributed by atoms with E-state index in [1.807, 2.05) is 0 Å². The molecule has 67 valence electrons. The van der Waals surface area contributed by atoms with Crippen LogP contribution in [-0.2, 0) is 0 Å². The lowest BCUT2D eigenvalue weighted by atomic mass is 9.91. The van der Waals surface area contributed by atoms with E-state index in [-0.39, 0.29) is 5.04 Å². The summed E-state index contributed by atoms with van der Waals surface area (Å²) in [6, 6.07) is 0. The van der Waals surface area contributed by atoms with Crippen LogP contribution in [0.5, 0.6) is 0 Å². The first-order valence-electron chi connectivity index (χ1n) is 4.56. The molecule has 3 heteroatoms. The first kappa shape index (κ1) is 9.11. The van der Waals surface area contributed by atoms with Crippen molar-refractivity contribution in [2.24, 2.45) is 11.8 Å². The third kappa shape index (κ3) is 1.18. The highest BCUT2D eigenvalue weighted by molar-refractivity contribution is 7.35. The molecule has 0 aromatic rings. The quantitative estimate of drug-likeness (QED) is 0.378. The first-order valence-corrected chi connectivity index (χ1v) is 8.08. The number of fused-ring (bicyclic) bond motifs is 2. The van der Waals surface area contributed by atoms with Crippen LogP contribution in [-0.4, -0.2) is 7.42 Å². The maximum atomic E-state index is 6.11. The topological polar surface area (TPSA) is 0 Å². The highest BCUT2D eigenvalue weighted by atomic mass is 35.7. The van der Waals surface area contributed by atoms with E-state index in [2.05, 4.69) is 19.1 Å². The molecule has 0 N–H and O–H groups in total. The fourth-order valence-electron chi connectivity index (χ4n) is 2.62. The Balaban J connectivity index is 2.19. The van der Waals surface area contributed by atoms with Gasteiger partial charge in [0, 0.05) is 5.04 Å². The molecule has 1 radical (unpaired) electrons. The van der Waals surface area contributed by atoms with Crippen LogP contribution in [0.4, 0.5) is 0 Å². The summed E-state index contributed by atoms with van der Waals surface area (Å²) in [5, 5.41) is 0.235. The van der Waals surface area contributed by atoms with Gasteiger partial charge in [0.1, 0.15) is 0 Å². The molecule has 0 amide bonds. The SMILES string of the molecule is CCC1CC2([Si](Cl)Cl)C=CC1C2. The van der Waals surface area contributed by atoms with Crippen LogP contribution in [0, 0.1) is 11.8 Å². The normalized spacial score (nSPS) is 44.7. The zero-order valence-corrected chi connectivity index (χ0v) is 9.70. The van der Waals surface area contributed by atoms with Gasteiger partial charge in [-0.05, 0) is 24.7 Å². The third-order valence-corrected chi connectivity index (χ3v) is 6.98. The van der Waals surface area contributed by atoms with Crippen molar-refractivity contribution < 1.29 is 0 Å². The average molecular weight is 220 g/mol. The van der Waals surface area contributed by atoms with E-state index in [9.17, 15) is 0 Å². The summed E-state index contributed by atoms with van der Waals surface area (Å²) in [6.07, 6.45) is 8.38. The predicted octanol–water partition coefficient (Wildman–Crippen LogP) is 3.70. The summed E-state index contributed by atoms with van der Waals surface area (Å²) in [6.45, 7) is 2.27. The first-order chi connectivity index (χ1) is 5.68. The molecule has 0 aromatic carbocycles. The van der Waals surface area contributed by atoms with Crippen LogP contribution in [0.25, 0.3) is 0 Å². The van der Waals surface area contributed by atoms with Crippen molar-refractivity contribution in [3.63, 3.8) is 0 Å². The van der Waals surface area contributed by atoms with Crippen molar-refractivity contribution >= 4 is 29.6 Å². The van der Waals surface area contributed by atoms with Crippen LogP contribution in [0.2, 0.25) is 5.04 Å². The van der Waals surface area contributed by atoms with E-state index in [1.54, 1.807) is 0 Å². The predicted molar refractivity (Wildman–Crippen MR) is 55.8 cm³/mol. The summed E-state index contributed by atoms with van der Waals surface area (Å²) in [5.41, 5.74) is 0. The summed E-state index contributed by atoms with van der Waals surface area (Å²) in [5.74, 6) is 1.64. The molecule has 0 spiro atoms. The Labute approximate surface area is 85.0 Å². The van der Waals surface area contributed by atoms with Crippen molar-refractivity contribution in [1.29, 1.82) is 0 Å².